The van der Waals surface area contributed by atoms with Crippen molar-refractivity contribution >= 4 is 23.4 Å². The number of amides is 1. The number of benzene rings is 1. The van der Waals surface area contributed by atoms with Crippen LogP contribution >= 0.6 is 11.8 Å². The number of hydrogen-bond donors (Lipinski definition) is 2. The van der Waals surface area contributed by atoms with Gasteiger partial charge in [-0.15, -0.1) is 11.8 Å². The summed E-state index contributed by atoms with van der Waals surface area (Å²) in [5.74, 6) is 0.0640. The van der Waals surface area contributed by atoms with Crippen LogP contribution in [-0.2, 0) is 11.3 Å². The van der Waals surface area contributed by atoms with Crippen LogP contribution in [0.15, 0.2) is 23.1 Å². The van der Waals surface area contributed by atoms with Gasteiger partial charge >= 0.3 is 0 Å². The summed E-state index contributed by atoms with van der Waals surface area (Å²) in [6, 6.07) is 5.94. The summed E-state index contributed by atoms with van der Waals surface area (Å²) in [6.45, 7) is 2.58. The zero-order chi connectivity index (χ0) is 11.7. The molecule has 0 saturated carbocycles. The molecule has 0 radical (unpaired) electrons. The second-order valence-electron chi connectivity index (χ2n) is 3.72. The molecule has 1 aromatic carbocycles. The molecule has 4 nitrogen and oxygen atoms in total. The van der Waals surface area contributed by atoms with E-state index >= 15 is 0 Å². The smallest absolute Gasteiger partial charge is 0.241 e. The van der Waals surface area contributed by atoms with E-state index in [2.05, 4.69) is 0 Å². The summed E-state index contributed by atoms with van der Waals surface area (Å²) in [6.07, 6.45) is 0. The van der Waals surface area contributed by atoms with Gasteiger partial charge in [-0.05, 0) is 24.6 Å². The molecular formula is C11H15N3OS. The van der Waals surface area contributed by atoms with E-state index in [1.54, 1.807) is 16.7 Å². The Balaban J connectivity index is 2.48. The quantitative estimate of drug-likeness (QED) is 0.801. The van der Waals surface area contributed by atoms with Crippen LogP contribution < -0.4 is 16.4 Å². The highest BCUT2D eigenvalue weighted by molar-refractivity contribution is 8.00. The van der Waals surface area contributed by atoms with Gasteiger partial charge in [0, 0.05) is 11.4 Å². The lowest BCUT2D eigenvalue weighted by Gasteiger charge is -2.31. The first-order chi connectivity index (χ1) is 7.67. The molecule has 1 heterocycles. The Morgan fingerprint density at radius 2 is 2.19 bits per heavy atom. The zero-order valence-corrected chi connectivity index (χ0v) is 9.96. The average Bonchev–Trinajstić information content (AvgIpc) is 2.30. The molecule has 5 heteroatoms. The number of anilines is 1. The second-order valence-corrected chi connectivity index (χ2v) is 5.10. The third kappa shape index (κ3) is 1.81. The van der Waals surface area contributed by atoms with Gasteiger partial charge in [0.1, 0.15) is 0 Å². The molecule has 0 aliphatic carbocycles. The Morgan fingerprint density at radius 1 is 1.44 bits per heavy atom. The fraction of sp³-hybridized carbons (Fsp3) is 0.364. The molecule has 1 amide bonds. The predicted octanol–water partition coefficient (Wildman–Crippen LogP) is 0.889. The molecule has 0 bridgehead atoms. The molecular weight excluding hydrogens is 222 g/mol. The van der Waals surface area contributed by atoms with E-state index in [4.69, 9.17) is 11.5 Å². The highest BCUT2D eigenvalue weighted by Gasteiger charge is 2.29. The lowest BCUT2D eigenvalue weighted by molar-refractivity contribution is -0.118. The fourth-order valence-corrected chi connectivity index (χ4v) is 2.81. The summed E-state index contributed by atoms with van der Waals surface area (Å²) < 4.78 is 0. The summed E-state index contributed by atoms with van der Waals surface area (Å²) in [7, 11) is 0. The molecule has 86 valence electrons. The maximum atomic E-state index is 11.9. The molecule has 16 heavy (non-hydrogen) atoms. The number of nitrogens with two attached hydrogens (primary N) is 2. The van der Waals surface area contributed by atoms with Crippen LogP contribution in [0.25, 0.3) is 0 Å². The van der Waals surface area contributed by atoms with Crippen molar-refractivity contribution in [2.45, 2.75) is 23.6 Å². The number of carbonyl (C=O) groups excluding carboxylic acids is 1. The minimum absolute atomic E-state index is 0.0640. The van der Waals surface area contributed by atoms with Gasteiger partial charge in [0.2, 0.25) is 5.91 Å². The monoisotopic (exact) mass is 237 g/mol. The average molecular weight is 237 g/mol. The molecule has 1 unspecified atom stereocenters. The van der Waals surface area contributed by atoms with Crippen molar-refractivity contribution < 1.29 is 4.79 Å². The first-order valence-electron chi connectivity index (χ1n) is 5.18. The number of hydrogen-bond acceptors (Lipinski definition) is 4. The third-order valence-corrected chi connectivity index (χ3v) is 3.80. The van der Waals surface area contributed by atoms with Crippen LogP contribution in [0.3, 0.4) is 0 Å². The van der Waals surface area contributed by atoms with E-state index in [-0.39, 0.29) is 17.8 Å². The molecule has 1 atom stereocenters. The second kappa shape index (κ2) is 4.45. The molecule has 1 aliphatic heterocycles. The molecule has 1 aromatic rings. The Kier molecular flexibility index (Phi) is 3.18. The number of nitrogens with zero attached hydrogens (tertiary/aromatic N) is 1. The normalized spacial score (nSPS) is 19.8. The van der Waals surface area contributed by atoms with Gasteiger partial charge < -0.3 is 11.5 Å². The highest BCUT2D eigenvalue weighted by Crippen LogP contribution is 2.39. The van der Waals surface area contributed by atoms with Gasteiger partial charge in [0.05, 0.1) is 17.6 Å². The lowest BCUT2D eigenvalue weighted by Crippen LogP contribution is -2.43. The van der Waals surface area contributed by atoms with Crippen LogP contribution in [-0.4, -0.2) is 17.8 Å². The van der Waals surface area contributed by atoms with Crippen molar-refractivity contribution in [2.24, 2.45) is 11.5 Å². The van der Waals surface area contributed by atoms with E-state index in [1.807, 2.05) is 25.1 Å². The van der Waals surface area contributed by atoms with E-state index in [0.717, 1.165) is 16.1 Å². The van der Waals surface area contributed by atoms with Crippen molar-refractivity contribution in [3.63, 3.8) is 0 Å². The topological polar surface area (TPSA) is 72.3 Å². The van der Waals surface area contributed by atoms with E-state index in [0.29, 0.717) is 6.54 Å². The molecule has 4 N–H and O–H groups in total. The Hall–Kier alpha value is -1.04. The minimum Gasteiger partial charge on any atom is -0.326 e. The first kappa shape index (κ1) is 11.4. The molecule has 0 spiro atoms. The van der Waals surface area contributed by atoms with Gasteiger partial charge in [0.15, 0.2) is 0 Å². The van der Waals surface area contributed by atoms with Crippen molar-refractivity contribution in [1.82, 2.24) is 0 Å². The predicted molar refractivity (Wildman–Crippen MR) is 66.2 cm³/mol. The lowest BCUT2D eigenvalue weighted by atomic mass is 10.1. The summed E-state index contributed by atoms with van der Waals surface area (Å²) in [4.78, 5) is 14.6. The van der Waals surface area contributed by atoms with Crippen molar-refractivity contribution in [2.75, 3.05) is 11.6 Å². The summed E-state index contributed by atoms with van der Waals surface area (Å²) in [5.41, 5.74) is 13.1. The minimum atomic E-state index is -0.0697. The molecule has 0 fully saturated rings. The third-order valence-electron chi connectivity index (χ3n) is 2.65. The Labute approximate surface area is 99.0 Å². The van der Waals surface area contributed by atoms with Gasteiger partial charge in [-0.25, -0.2) is 0 Å². The summed E-state index contributed by atoms with van der Waals surface area (Å²) in [5, 5.41) is -0.0697. The zero-order valence-electron chi connectivity index (χ0n) is 9.14. The van der Waals surface area contributed by atoms with Gasteiger partial charge in [0.25, 0.3) is 0 Å². The Bertz CT molecular complexity index is 422. The number of rotatable bonds is 2. The van der Waals surface area contributed by atoms with Gasteiger partial charge in [-0.1, -0.05) is 6.07 Å². The molecule has 1 aliphatic rings. The van der Waals surface area contributed by atoms with Crippen molar-refractivity contribution in [1.29, 1.82) is 0 Å². The molecule has 0 aromatic heterocycles. The SMILES string of the molecule is CC1Sc2ccc(CN)cc2N(CN)C1=O. The van der Waals surface area contributed by atoms with Gasteiger partial charge in [-0.3, -0.25) is 9.69 Å². The molecule has 0 saturated heterocycles. The van der Waals surface area contributed by atoms with Crippen LogP contribution in [0.1, 0.15) is 12.5 Å². The van der Waals surface area contributed by atoms with Crippen LogP contribution in [0, 0.1) is 0 Å². The van der Waals surface area contributed by atoms with Crippen molar-refractivity contribution in [3.8, 4) is 0 Å². The molecule has 2 rings (SSSR count). The maximum absolute atomic E-state index is 11.9. The largest absolute Gasteiger partial charge is 0.326 e. The van der Waals surface area contributed by atoms with Crippen molar-refractivity contribution in [3.05, 3.63) is 23.8 Å². The van der Waals surface area contributed by atoms with E-state index in [9.17, 15) is 4.79 Å². The van der Waals surface area contributed by atoms with Crippen LogP contribution in [0.2, 0.25) is 0 Å². The summed E-state index contributed by atoms with van der Waals surface area (Å²) >= 11 is 1.57. The van der Waals surface area contributed by atoms with Crippen LogP contribution in [0.5, 0.6) is 0 Å². The maximum Gasteiger partial charge on any atom is 0.241 e. The number of carbonyl (C=O) groups is 1. The number of fused-ring (bicyclic) bond motifs is 1. The number of thioether (sulfide) groups is 1. The first-order valence-corrected chi connectivity index (χ1v) is 6.06. The Morgan fingerprint density at radius 3 is 2.81 bits per heavy atom. The fourth-order valence-electron chi connectivity index (χ4n) is 1.77. The van der Waals surface area contributed by atoms with E-state index in [1.165, 1.54) is 0 Å². The van der Waals surface area contributed by atoms with Crippen LogP contribution in [0.4, 0.5) is 5.69 Å². The standard InChI is InChI=1S/C11H15N3OS/c1-7-11(15)14(6-13)9-4-8(5-12)2-3-10(9)16-7/h2-4,7H,5-6,12-13H2,1H3. The van der Waals surface area contributed by atoms with E-state index < -0.39 is 0 Å². The highest BCUT2D eigenvalue weighted by atomic mass is 32.2. The van der Waals surface area contributed by atoms with Gasteiger partial charge in [-0.2, -0.15) is 0 Å².